The third-order valence-corrected chi connectivity index (χ3v) is 2.34. The Hall–Kier alpha value is -1.29. The lowest BCUT2D eigenvalue weighted by Crippen LogP contribution is -2.28. The van der Waals surface area contributed by atoms with Crippen LogP contribution in [0.15, 0.2) is 16.7 Å². The fourth-order valence-corrected chi connectivity index (χ4v) is 1.31. The number of hydrogen-bond acceptors (Lipinski definition) is 3. The maximum Gasteiger partial charge on any atom is 0.254 e. The minimum Gasteiger partial charge on any atom is -0.469 e. The predicted molar refractivity (Wildman–Crippen MR) is 56.6 cm³/mol. The zero-order valence-corrected chi connectivity index (χ0v) is 9.12. The number of carbonyl (C=O) groups is 1. The number of furan rings is 1. The molecule has 0 aromatic carbocycles. The van der Waals surface area contributed by atoms with Crippen LogP contribution in [0.3, 0.4) is 0 Å². The van der Waals surface area contributed by atoms with Crippen molar-refractivity contribution in [1.82, 2.24) is 5.32 Å². The van der Waals surface area contributed by atoms with E-state index in [-0.39, 0.29) is 18.4 Å². The van der Waals surface area contributed by atoms with Gasteiger partial charge in [-0.2, -0.15) is 0 Å². The van der Waals surface area contributed by atoms with Crippen molar-refractivity contribution in [3.05, 3.63) is 23.7 Å². The molecule has 0 radical (unpaired) electrons. The summed E-state index contributed by atoms with van der Waals surface area (Å²) in [4.78, 5) is 11.6. The average molecular weight is 211 g/mol. The average Bonchev–Trinajstić information content (AvgIpc) is 2.61. The Bertz CT molecular complexity index is 319. The van der Waals surface area contributed by atoms with Crippen molar-refractivity contribution in [2.45, 2.75) is 20.3 Å². The lowest BCUT2D eigenvalue weighted by atomic mass is 10.1. The number of aliphatic hydroxyl groups is 1. The molecule has 1 aromatic heterocycles. The van der Waals surface area contributed by atoms with Gasteiger partial charge in [-0.05, 0) is 25.3 Å². The molecule has 1 atom stereocenters. The van der Waals surface area contributed by atoms with Gasteiger partial charge in [0.05, 0.1) is 11.8 Å². The first kappa shape index (κ1) is 11.8. The first-order valence-electron chi connectivity index (χ1n) is 5.08. The van der Waals surface area contributed by atoms with Crippen LogP contribution >= 0.6 is 0 Å². The molecule has 2 N–H and O–H groups in total. The molecule has 1 unspecified atom stereocenters. The molecule has 84 valence electrons. The van der Waals surface area contributed by atoms with Gasteiger partial charge in [-0.3, -0.25) is 4.79 Å². The largest absolute Gasteiger partial charge is 0.469 e. The van der Waals surface area contributed by atoms with E-state index < -0.39 is 0 Å². The second kappa shape index (κ2) is 5.56. The summed E-state index contributed by atoms with van der Waals surface area (Å²) >= 11 is 0. The van der Waals surface area contributed by atoms with E-state index in [0.29, 0.717) is 24.3 Å². The van der Waals surface area contributed by atoms with Gasteiger partial charge in [-0.1, -0.05) is 6.92 Å². The van der Waals surface area contributed by atoms with Gasteiger partial charge in [0.25, 0.3) is 5.91 Å². The van der Waals surface area contributed by atoms with Crippen LogP contribution in [-0.2, 0) is 0 Å². The van der Waals surface area contributed by atoms with Crippen LogP contribution in [0.1, 0.15) is 29.5 Å². The van der Waals surface area contributed by atoms with Crippen molar-refractivity contribution >= 4 is 5.91 Å². The first-order valence-corrected chi connectivity index (χ1v) is 5.08. The molecule has 1 heterocycles. The highest BCUT2D eigenvalue weighted by atomic mass is 16.3. The second-order valence-corrected chi connectivity index (χ2v) is 3.72. The molecule has 0 fully saturated rings. The summed E-state index contributed by atoms with van der Waals surface area (Å²) in [6.45, 7) is 4.47. The van der Waals surface area contributed by atoms with Crippen molar-refractivity contribution < 1.29 is 14.3 Å². The van der Waals surface area contributed by atoms with Gasteiger partial charge < -0.3 is 14.8 Å². The van der Waals surface area contributed by atoms with E-state index in [2.05, 4.69) is 5.32 Å². The number of hydrogen-bond donors (Lipinski definition) is 2. The van der Waals surface area contributed by atoms with E-state index in [1.165, 1.54) is 6.26 Å². The molecule has 0 saturated carbocycles. The van der Waals surface area contributed by atoms with E-state index in [1.54, 1.807) is 13.0 Å². The zero-order chi connectivity index (χ0) is 11.3. The fraction of sp³-hybridized carbons (Fsp3) is 0.545. The molecular formula is C11H17NO3. The van der Waals surface area contributed by atoms with Crippen LogP contribution in [-0.4, -0.2) is 24.2 Å². The van der Waals surface area contributed by atoms with Gasteiger partial charge in [0, 0.05) is 13.2 Å². The summed E-state index contributed by atoms with van der Waals surface area (Å²) in [5, 5.41) is 11.5. The van der Waals surface area contributed by atoms with Gasteiger partial charge >= 0.3 is 0 Å². The maximum absolute atomic E-state index is 11.6. The standard InChI is InChI=1S/C11H17NO3/c1-8(3-5-13)7-12-11(14)10-4-6-15-9(10)2/h4,6,8,13H,3,5,7H2,1-2H3,(H,12,14). The lowest BCUT2D eigenvalue weighted by Gasteiger charge is -2.10. The van der Waals surface area contributed by atoms with Gasteiger partial charge in [-0.15, -0.1) is 0 Å². The highest BCUT2D eigenvalue weighted by Gasteiger charge is 2.11. The minimum atomic E-state index is -0.119. The monoisotopic (exact) mass is 211 g/mol. The molecule has 0 aliphatic heterocycles. The first-order chi connectivity index (χ1) is 7.15. The topological polar surface area (TPSA) is 62.5 Å². The van der Waals surface area contributed by atoms with Crippen molar-refractivity contribution in [2.24, 2.45) is 5.92 Å². The summed E-state index contributed by atoms with van der Waals surface area (Å²) in [7, 11) is 0. The van der Waals surface area contributed by atoms with E-state index in [1.807, 2.05) is 6.92 Å². The molecule has 0 spiro atoms. The number of carbonyl (C=O) groups excluding carboxylic acids is 1. The van der Waals surface area contributed by atoms with E-state index in [9.17, 15) is 4.79 Å². The fourth-order valence-electron chi connectivity index (χ4n) is 1.31. The smallest absolute Gasteiger partial charge is 0.254 e. The quantitative estimate of drug-likeness (QED) is 0.772. The van der Waals surface area contributed by atoms with Crippen LogP contribution in [0.2, 0.25) is 0 Å². The molecular weight excluding hydrogens is 194 g/mol. The van der Waals surface area contributed by atoms with E-state index >= 15 is 0 Å². The maximum atomic E-state index is 11.6. The number of nitrogens with one attached hydrogen (secondary N) is 1. The van der Waals surface area contributed by atoms with Gasteiger partial charge in [0.2, 0.25) is 0 Å². The molecule has 1 aromatic rings. The van der Waals surface area contributed by atoms with Gasteiger partial charge in [0.1, 0.15) is 5.76 Å². The van der Waals surface area contributed by atoms with E-state index in [4.69, 9.17) is 9.52 Å². The molecule has 0 aliphatic carbocycles. The van der Waals surface area contributed by atoms with Crippen LogP contribution in [0.4, 0.5) is 0 Å². The van der Waals surface area contributed by atoms with Crippen LogP contribution in [0.5, 0.6) is 0 Å². The van der Waals surface area contributed by atoms with Crippen molar-refractivity contribution in [2.75, 3.05) is 13.2 Å². The molecule has 15 heavy (non-hydrogen) atoms. The minimum absolute atomic E-state index is 0.119. The summed E-state index contributed by atoms with van der Waals surface area (Å²) < 4.78 is 5.04. The normalized spacial score (nSPS) is 12.5. The zero-order valence-electron chi connectivity index (χ0n) is 9.12. The molecule has 0 aliphatic rings. The van der Waals surface area contributed by atoms with Crippen LogP contribution in [0.25, 0.3) is 0 Å². The summed E-state index contributed by atoms with van der Waals surface area (Å²) in [6.07, 6.45) is 2.20. The van der Waals surface area contributed by atoms with Crippen LogP contribution in [0, 0.1) is 12.8 Å². The predicted octanol–water partition coefficient (Wildman–Crippen LogP) is 1.34. The highest BCUT2D eigenvalue weighted by molar-refractivity contribution is 5.94. The Balaban J connectivity index is 2.40. The summed E-state index contributed by atoms with van der Waals surface area (Å²) in [6, 6.07) is 1.65. The number of aryl methyl sites for hydroxylation is 1. The Kier molecular flexibility index (Phi) is 4.37. The number of rotatable bonds is 5. The Morgan fingerprint density at radius 1 is 1.67 bits per heavy atom. The molecule has 4 nitrogen and oxygen atoms in total. The van der Waals surface area contributed by atoms with Crippen molar-refractivity contribution in [1.29, 1.82) is 0 Å². The van der Waals surface area contributed by atoms with Crippen molar-refractivity contribution in [3.8, 4) is 0 Å². The Labute approximate surface area is 89.3 Å². The number of amides is 1. The third-order valence-electron chi connectivity index (χ3n) is 2.34. The summed E-state index contributed by atoms with van der Waals surface area (Å²) in [5.74, 6) is 0.791. The lowest BCUT2D eigenvalue weighted by molar-refractivity contribution is 0.0944. The van der Waals surface area contributed by atoms with Gasteiger partial charge in [0.15, 0.2) is 0 Å². The van der Waals surface area contributed by atoms with Gasteiger partial charge in [-0.25, -0.2) is 0 Å². The second-order valence-electron chi connectivity index (χ2n) is 3.72. The molecule has 0 saturated heterocycles. The molecule has 1 amide bonds. The summed E-state index contributed by atoms with van der Waals surface area (Å²) in [5.41, 5.74) is 0.575. The Morgan fingerprint density at radius 3 is 2.93 bits per heavy atom. The van der Waals surface area contributed by atoms with Crippen LogP contribution < -0.4 is 5.32 Å². The van der Waals surface area contributed by atoms with E-state index in [0.717, 1.165) is 0 Å². The highest BCUT2D eigenvalue weighted by Crippen LogP contribution is 2.08. The molecule has 0 bridgehead atoms. The SMILES string of the molecule is Cc1occc1C(=O)NCC(C)CCO. The molecule has 1 rings (SSSR count). The molecule has 4 heteroatoms. The Morgan fingerprint density at radius 2 is 2.40 bits per heavy atom. The number of aliphatic hydroxyl groups excluding tert-OH is 1. The van der Waals surface area contributed by atoms with Crippen molar-refractivity contribution in [3.63, 3.8) is 0 Å². The third kappa shape index (κ3) is 3.40.